The number of hydrogen-bond acceptors (Lipinski definition) is 8. The third-order valence-electron chi connectivity index (χ3n) is 5.04. The molecule has 1 aliphatic rings. The SMILES string of the molecule is COc1cc(C(=O)NC2CCC(Oc3nccnc3OC)CC2)cc(OC)c1OC. The average molecular weight is 417 g/mol. The molecule has 0 atom stereocenters. The highest BCUT2D eigenvalue weighted by molar-refractivity contribution is 5.95. The van der Waals surface area contributed by atoms with Crippen molar-refractivity contribution in [1.82, 2.24) is 15.3 Å². The molecule has 0 saturated heterocycles. The fourth-order valence-corrected chi connectivity index (χ4v) is 3.50. The van der Waals surface area contributed by atoms with Crippen LogP contribution in [-0.2, 0) is 0 Å². The number of ether oxygens (including phenoxy) is 5. The number of aromatic nitrogens is 2. The van der Waals surface area contributed by atoms with Crippen LogP contribution in [0.15, 0.2) is 24.5 Å². The molecule has 1 heterocycles. The van der Waals surface area contributed by atoms with Gasteiger partial charge in [0.25, 0.3) is 17.7 Å². The van der Waals surface area contributed by atoms with Crippen LogP contribution >= 0.6 is 0 Å². The van der Waals surface area contributed by atoms with Gasteiger partial charge >= 0.3 is 0 Å². The minimum Gasteiger partial charge on any atom is -0.493 e. The van der Waals surface area contributed by atoms with E-state index in [-0.39, 0.29) is 18.1 Å². The molecule has 0 bridgehead atoms. The van der Waals surface area contributed by atoms with Gasteiger partial charge in [0.15, 0.2) is 11.5 Å². The molecule has 1 amide bonds. The summed E-state index contributed by atoms with van der Waals surface area (Å²) in [5, 5.41) is 3.08. The van der Waals surface area contributed by atoms with Crippen LogP contribution in [0.3, 0.4) is 0 Å². The minimum atomic E-state index is -0.186. The summed E-state index contributed by atoms with van der Waals surface area (Å²) in [6.45, 7) is 0. The quantitative estimate of drug-likeness (QED) is 0.700. The monoisotopic (exact) mass is 417 g/mol. The Morgan fingerprint density at radius 1 is 0.867 bits per heavy atom. The largest absolute Gasteiger partial charge is 0.493 e. The van der Waals surface area contributed by atoms with Crippen molar-refractivity contribution < 1.29 is 28.5 Å². The molecule has 1 aliphatic carbocycles. The van der Waals surface area contributed by atoms with E-state index < -0.39 is 0 Å². The molecule has 9 heteroatoms. The van der Waals surface area contributed by atoms with E-state index in [2.05, 4.69) is 15.3 Å². The van der Waals surface area contributed by atoms with Gasteiger partial charge in [0, 0.05) is 24.0 Å². The van der Waals surface area contributed by atoms with Crippen molar-refractivity contribution in [3.63, 3.8) is 0 Å². The van der Waals surface area contributed by atoms with Crippen LogP contribution in [0.25, 0.3) is 0 Å². The second kappa shape index (κ2) is 10.00. The third kappa shape index (κ3) is 4.84. The Hall–Kier alpha value is -3.23. The van der Waals surface area contributed by atoms with E-state index in [1.54, 1.807) is 24.5 Å². The third-order valence-corrected chi connectivity index (χ3v) is 5.04. The molecule has 1 fully saturated rings. The van der Waals surface area contributed by atoms with Crippen molar-refractivity contribution in [2.24, 2.45) is 0 Å². The zero-order valence-corrected chi connectivity index (χ0v) is 17.6. The highest BCUT2D eigenvalue weighted by Crippen LogP contribution is 2.38. The van der Waals surface area contributed by atoms with Crippen LogP contribution in [0.4, 0.5) is 0 Å². The first kappa shape index (κ1) is 21.5. The molecule has 0 aliphatic heterocycles. The van der Waals surface area contributed by atoms with Gasteiger partial charge < -0.3 is 29.0 Å². The van der Waals surface area contributed by atoms with Crippen molar-refractivity contribution in [3.8, 4) is 29.0 Å². The van der Waals surface area contributed by atoms with Gasteiger partial charge in [-0.25, -0.2) is 9.97 Å². The fourth-order valence-electron chi connectivity index (χ4n) is 3.50. The number of methoxy groups -OCH3 is 4. The average Bonchev–Trinajstić information content (AvgIpc) is 2.79. The zero-order valence-electron chi connectivity index (χ0n) is 17.6. The van der Waals surface area contributed by atoms with Crippen LogP contribution in [-0.4, -0.2) is 56.5 Å². The minimum absolute atomic E-state index is 0.00456. The van der Waals surface area contributed by atoms with Gasteiger partial charge in [0.1, 0.15) is 6.10 Å². The van der Waals surface area contributed by atoms with E-state index in [9.17, 15) is 4.79 Å². The van der Waals surface area contributed by atoms with E-state index in [1.165, 1.54) is 28.4 Å². The molecule has 1 saturated carbocycles. The van der Waals surface area contributed by atoms with Gasteiger partial charge in [0.2, 0.25) is 5.75 Å². The molecule has 1 aromatic heterocycles. The van der Waals surface area contributed by atoms with Crippen LogP contribution in [0.5, 0.6) is 29.0 Å². The highest BCUT2D eigenvalue weighted by atomic mass is 16.5. The van der Waals surface area contributed by atoms with E-state index >= 15 is 0 Å². The van der Waals surface area contributed by atoms with E-state index in [1.807, 2.05) is 0 Å². The van der Waals surface area contributed by atoms with E-state index in [0.717, 1.165) is 25.7 Å². The van der Waals surface area contributed by atoms with Crippen LogP contribution in [0.2, 0.25) is 0 Å². The standard InChI is InChI=1S/C21H27N3O6/c1-26-16-11-13(12-17(27-2)18(16)28-3)19(25)24-14-5-7-15(8-6-14)30-21-20(29-4)22-9-10-23-21/h9-12,14-15H,5-8H2,1-4H3,(H,24,25). The molecule has 1 aromatic carbocycles. The van der Waals surface area contributed by atoms with Gasteiger partial charge in [0.05, 0.1) is 28.4 Å². The lowest BCUT2D eigenvalue weighted by Crippen LogP contribution is -2.39. The first-order valence-electron chi connectivity index (χ1n) is 9.72. The summed E-state index contributed by atoms with van der Waals surface area (Å²) in [5.74, 6) is 1.91. The molecule has 2 aromatic rings. The van der Waals surface area contributed by atoms with Gasteiger partial charge in [-0.05, 0) is 37.8 Å². The lowest BCUT2D eigenvalue weighted by molar-refractivity contribution is 0.0885. The molecule has 1 N–H and O–H groups in total. The number of nitrogens with one attached hydrogen (secondary N) is 1. The van der Waals surface area contributed by atoms with Gasteiger partial charge in [-0.1, -0.05) is 0 Å². The Morgan fingerprint density at radius 2 is 1.47 bits per heavy atom. The molecule has 0 spiro atoms. The van der Waals surface area contributed by atoms with Crippen molar-refractivity contribution >= 4 is 5.91 Å². The predicted octanol–water partition coefficient (Wildman–Crippen LogP) is 2.63. The smallest absolute Gasteiger partial charge is 0.278 e. The molecule has 0 radical (unpaired) electrons. The number of benzene rings is 1. The zero-order chi connectivity index (χ0) is 21.5. The second-order valence-electron chi connectivity index (χ2n) is 6.85. The maximum absolute atomic E-state index is 12.8. The van der Waals surface area contributed by atoms with Gasteiger partial charge in [-0.2, -0.15) is 0 Å². The van der Waals surface area contributed by atoms with Gasteiger partial charge in [-0.3, -0.25) is 4.79 Å². The number of carbonyl (C=O) groups excluding carboxylic acids is 1. The van der Waals surface area contributed by atoms with Gasteiger partial charge in [-0.15, -0.1) is 0 Å². The highest BCUT2D eigenvalue weighted by Gasteiger charge is 2.26. The topological polar surface area (TPSA) is 101 Å². The Morgan fingerprint density at radius 3 is 2.00 bits per heavy atom. The maximum Gasteiger partial charge on any atom is 0.278 e. The molecule has 3 rings (SSSR count). The summed E-state index contributed by atoms with van der Waals surface area (Å²) in [4.78, 5) is 21.1. The van der Waals surface area contributed by atoms with Crippen LogP contribution in [0, 0.1) is 0 Å². The normalized spacial score (nSPS) is 18.3. The van der Waals surface area contributed by atoms with Crippen LogP contribution in [0.1, 0.15) is 36.0 Å². The Balaban J connectivity index is 1.59. The first-order chi connectivity index (χ1) is 14.6. The summed E-state index contributed by atoms with van der Waals surface area (Å²) in [7, 11) is 6.10. The molecular formula is C21H27N3O6. The molecule has 9 nitrogen and oxygen atoms in total. The number of amides is 1. The Labute approximate surface area is 175 Å². The Bertz CT molecular complexity index is 843. The summed E-state index contributed by atoms with van der Waals surface area (Å²) < 4.78 is 27.1. The predicted molar refractivity (Wildman–Crippen MR) is 109 cm³/mol. The summed E-state index contributed by atoms with van der Waals surface area (Å²) in [6, 6.07) is 3.34. The second-order valence-corrected chi connectivity index (χ2v) is 6.85. The molecule has 30 heavy (non-hydrogen) atoms. The van der Waals surface area contributed by atoms with Crippen molar-refractivity contribution in [2.45, 2.75) is 37.8 Å². The number of nitrogens with zero attached hydrogens (tertiary/aromatic N) is 2. The summed E-state index contributed by atoms with van der Waals surface area (Å²) in [6.07, 6.45) is 6.31. The lowest BCUT2D eigenvalue weighted by Gasteiger charge is -2.29. The van der Waals surface area contributed by atoms with E-state index in [4.69, 9.17) is 23.7 Å². The summed E-state index contributed by atoms with van der Waals surface area (Å²) >= 11 is 0. The molecule has 0 unspecified atom stereocenters. The summed E-state index contributed by atoms with van der Waals surface area (Å²) in [5.41, 5.74) is 0.451. The van der Waals surface area contributed by atoms with E-state index in [0.29, 0.717) is 34.6 Å². The Kier molecular flexibility index (Phi) is 7.16. The molecular weight excluding hydrogens is 390 g/mol. The first-order valence-corrected chi connectivity index (χ1v) is 9.72. The lowest BCUT2D eigenvalue weighted by atomic mass is 9.92. The van der Waals surface area contributed by atoms with Crippen molar-refractivity contribution in [2.75, 3.05) is 28.4 Å². The number of rotatable bonds is 8. The fraction of sp³-hybridized carbons (Fsp3) is 0.476. The number of carbonyl (C=O) groups is 1. The van der Waals surface area contributed by atoms with Crippen molar-refractivity contribution in [3.05, 3.63) is 30.1 Å². The number of hydrogen-bond donors (Lipinski definition) is 1. The maximum atomic E-state index is 12.8. The van der Waals surface area contributed by atoms with Crippen LogP contribution < -0.4 is 29.0 Å². The molecule has 162 valence electrons. The van der Waals surface area contributed by atoms with Crippen molar-refractivity contribution in [1.29, 1.82) is 0 Å².